The number of carbonyl (C=O) groups is 1. The van der Waals surface area contributed by atoms with Crippen LogP contribution in [-0.2, 0) is 21.5 Å². The zero-order chi connectivity index (χ0) is 17.3. The minimum absolute atomic E-state index is 0.135. The summed E-state index contributed by atoms with van der Waals surface area (Å²) in [5.74, 6) is 1.64. The molecule has 1 aromatic heterocycles. The Kier molecular flexibility index (Phi) is 4.78. The van der Waals surface area contributed by atoms with Crippen molar-refractivity contribution in [3.8, 4) is 0 Å². The highest BCUT2D eigenvalue weighted by molar-refractivity contribution is 5.84. The second kappa shape index (κ2) is 7.03. The lowest BCUT2D eigenvalue weighted by Gasteiger charge is -2.33. The largest absolute Gasteiger partial charge is 0.381 e. The van der Waals surface area contributed by atoms with Crippen LogP contribution >= 0.6 is 0 Å². The maximum Gasteiger partial charge on any atom is 0.240 e. The summed E-state index contributed by atoms with van der Waals surface area (Å²) >= 11 is 0. The van der Waals surface area contributed by atoms with Crippen LogP contribution in [-0.4, -0.2) is 52.8 Å². The minimum atomic E-state index is -0.303. The van der Waals surface area contributed by atoms with E-state index < -0.39 is 0 Å². The fraction of sp³-hybridized carbons (Fsp3) is 0.833. The van der Waals surface area contributed by atoms with Crippen molar-refractivity contribution in [1.29, 1.82) is 0 Å². The van der Waals surface area contributed by atoms with Crippen LogP contribution in [0.4, 0.5) is 0 Å². The lowest BCUT2D eigenvalue weighted by Crippen LogP contribution is -2.51. The maximum absolute atomic E-state index is 13.0. The Morgan fingerprint density at radius 1 is 1.24 bits per heavy atom. The Hall–Kier alpha value is -1.47. The van der Waals surface area contributed by atoms with E-state index in [-0.39, 0.29) is 17.5 Å². The van der Waals surface area contributed by atoms with Crippen molar-refractivity contribution >= 4 is 5.91 Å². The standard InChI is InChI=1S/C18H28N4O3/c1-2-15-19-17(21-25-15)18(8-3-4-9-18)20-14-5-10-22(16(14)23)13-6-11-24-12-7-13/h13-14,20H,2-12H2,1H3. The van der Waals surface area contributed by atoms with Crippen molar-refractivity contribution in [2.75, 3.05) is 19.8 Å². The van der Waals surface area contributed by atoms with Crippen molar-refractivity contribution in [3.63, 3.8) is 0 Å². The van der Waals surface area contributed by atoms with E-state index in [1.54, 1.807) is 0 Å². The van der Waals surface area contributed by atoms with Crippen molar-refractivity contribution < 1.29 is 14.1 Å². The van der Waals surface area contributed by atoms with Gasteiger partial charge in [0.15, 0.2) is 5.82 Å². The van der Waals surface area contributed by atoms with Crippen LogP contribution in [0.1, 0.15) is 63.6 Å². The maximum atomic E-state index is 13.0. The molecule has 7 heteroatoms. The number of nitrogens with one attached hydrogen (secondary N) is 1. The molecule has 1 aliphatic carbocycles. The van der Waals surface area contributed by atoms with Gasteiger partial charge in [-0.2, -0.15) is 4.98 Å². The van der Waals surface area contributed by atoms with Gasteiger partial charge in [-0.1, -0.05) is 24.9 Å². The van der Waals surface area contributed by atoms with Crippen molar-refractivity contribution in [3.05, 3.63) is 11.7 Å². The van der Waals surface area contributed by atoms with E-state index in [9.17, 15) is 4.79 Å². The first kappa shape index (κ1) is 17.0. The van der Waals surface area contributed by atoms with E-state index in [0.717, 1.165) is 76.9 Å². The Morgan fingerprint density at radius 3 is 2.68 bits per heavy atom. The van der Waals surface area contributed by atoms with Gasteiger partial charge >= 0.3 is 0 Å². The summed E-state index contributed by atoms with van der Waals surface area (Å²) in [6.07, 6.45) is 7.71. The number of hydrogen-bond donors (Lipinski definition) is 1. The molecule has 4 rings (SSSR count). The first-order valence-electron chi connectivity index (χ1n) is 9.71. The monoisotopic (exact) mass is 348 g/mol. The van der Waals surface area contributed by atoms with Gasteiger partial charge < -0.3 is 14.2 Å². The Morgan fingerprint density at radius 2 is 2.00 bits per heavy atom. The highest BCUT2D eigenvalue weighted by atomic mass is 16.5. The molecule has 138 valence electrons. The summed E-state index contributed by atoms with van der Waals surface area (Å²) in [6, 6.07) is 0.203. The van der Waals surface area contributed by atoms with Crippen molar-refractivity contribution in [2.24, 2.45) is 0 Å². The third-order valence-corrected chi connectivity index (χ3v) is 5.98. The topological polar surface area (TPSA) is 80.5 Å². The summed E-state index contributed by atoms with van der Waals surface area (Å²) in [4.78, 5) is 19.6. The molecule has 25 heavy (non-hydrogen) atoms. The molecule has 1 amide bonds. The van der Waals surface area contributed by atoms with Crippen LogP contribution < -0.4 is 5.32 Å². The lowest BCUT2D eigenvalue weighted by molar-refractivity contribution is -0.133. The molecule has 0 bridgehead atoms. The van der Waals surface area contributed by atoms with Gasteiger partial charge in [0.1, 0.15) is 0 Å². The van der Waals surface area contributed by atoms with E-state index in [2.05, 4.69) is 20.4 Å². The van der Waals surface area contributed by atoms with Gasteiger partial charge in [0.05, 0.1) is 11.6 Å². The van der Waals surface area contributed by atoms with Gasteiger partial charge in [0.25, 0.3) is 0 Å². The second-order valence-electron chi connectivity index (χ2n) is 7.52. The fourth-order valence-corrected chi connectivity index (χ4v) is 4.53. The molecule has 1 unspecified atom stereocenters. The molecule has 3 aliphatic rings. The van der Waals surface area contributed by atoms with Crippen molar-refractivity contribution in [2.45, 2.75) is 75.9 Å². The number of ether oxygens (including phenoxy) is 1. The molecular formula is C18H28N4O3. The number of likely N-dealkylation sites (tertiary alicyclic amines) is 1. The molecule has 2 aliphatic heterocycles. The Bertz CT molecular complexity index is 605. The average molecular weight is 348 g/mol. The van der Waals surface area contributed by atoms with Crippen LogP contribution in [0.25, 0.3) is 0 Å². The SMILES string of the molecule is CCc1nc(C2(NC3CCN(C4CCOCC4)C3=O)CCCC2)no1. The summed E-state index contributed by atoms with van der Waals surface area (Å²) in [5, 5.41) is 7.88. The highest BCUT2D eigenvalue weighted by Gasteiger charge is 2.45. The van der Waals surface area contributed by atoms with Gasteiger partial charge in [0, 0.05) is 32.2 Å². The number of hydrogen-bond acceptors (Lipinski definition) is 6. The molecule has 1 atom stereocenters. The summed E-state index contributed by atoms with van der Waals surface area (Å²) in [6.45, 7) is 4.38. The van der Waals surface area contributed by atoms with E-state index in [0.29, 0.717) is 11.9 Å². The lowest BCUT2D eigenvalue weighted by atomic mass is 9.94. The average Bonchev–Trinajstić information content (AvgIpc) is 3.37. The van der Waals surface area contributed by atoms with E-state index >= 15 is 0 Å². The van der Waals surface area contributed by atoms with Crippen LogP contribution in [0.2, 0.25) is 0 Å². The highest BCUT2D eigenvalue weighted by Crippen LogP contribution is 2.38. The van der Waals surface area contributed by atoms with Gasteiger partial charge in [-0.05, 0) is 32.1 Å². The number of rotatable bonds is 5. The van der Waals surface area contributed by atoms with E-state index in [4.69, 9.17) is 9.26 Å². The third kappa shape index (κ3) is 3.19. The predicted octanol–water partition coefficient (Wildman–Crippen LogP) is 1.77. The number of nitrogens with zero attached hydrogens (tertiary/aromatic N) is 3. The van der Waals surface area contributed by atoms with Crippen LogP contribution in [0.15, 0.2) is 4.52 Å². The van der Waals surface area contributed by atoms with Crippen LogP contribution in [0.5, 0.6) is 0 Å². The third-order valence-electron chi connectivity index (χ3n) is 5.98. The molecule has 7 nitrogen and oxygen atoms in total. The predicted molar refractivity (Wildman–Crippen MR) is 90.9 cm³/mol. The number of aryl methyl sites for hydroxylation is 1. The molecule has 0 spiro atoms. The quantitative estimate of drug-likeness (QED) is 0.873. The van der Waals surface area contributed by atoms with E-state index in [1.807, 2.05) is 6.92 Å². The number of carbonyl (C=O) groups excluding carboxylic acids is 1. The molecule has 3 heterocycles. The van der Waals surface area contributed by atoms with Crippen LogP contribution in [0.3, 0.4) is 0 Å². The molecule has 0 aromatic carbocycles. The molecule has 2 saturated heterocycles. The molecule has 1 saturated carbocycles. The van der Waals surface area contributed by atoms with Crippen molar-refractivity contribution in [1.82, 2.24) is 20.4 Å². The molecule has 1 N–H and O–H groups in total. The van der Waals surface area contributed by atoms with Gasteiger partial charge in [-0.25, -0.2) is 0 Å². The summed E-state index contributed by atoms with van der Waals surface area (Å²) < 4.78 is 10.8. The Balaban J connectivity index is 1.48. The summed E-state index contributed by atoms with van der Waals surface area (Å²) in [5.41, 5.74) is -0.303. The first-order valence-corrected chi connectivity index (χ1v) is 9.71. The zero-order valence-corrected chi connectivity index (χ0v) is 15.0. The molecule has 3 fully saturated rings. The smallest absolute Gasteiger partial charge is 0.240 e. The minimum Gasteiger partial charge on any atom is -0.381 e. The first-order chi connectivity index (χ1) is 12.2. The fourth-order valence-electron chi connectivity index (χ4n) is 4.53. The number of amides is 1. The van der Waals surface area contributed by atoms with Gasteiger partial charge in [-0.15, -0.1) is 0 Å². The second-order valence-corrected chi connectivity index (χ2v) is 7.52. The zero-order valence-electron chi connectivity index (χ0n) is 15.0. The molecular weight excluding hydrogens is 320 g/mol. The van der Waals surface area contributed by atoms with Crippen LogP contribution in [0, 0.1) is 0 Å². The number of aromatic nitrogens is 2. The van der Waals surface area contributed by atoms with Gasteiger partial charge in [0.2, 0.25) is 11.8 Å². The normalized spacial score (nSPS) is 27.3. The Labute approximate surface area is 148 Å². The molecule has 0 radical (unpaired) electrons. The van der Waals surface area contributed by atoms with Gasteiger partial charge in [-0.3, -0.25) is 10.1 Å². The van der Waals surface area contributed by atoms with E-state index in [1.165, 1.54) is 0 Å². The molecule has 1 aromatic rings. The summed E-state index contributed by atoms with van der Waals surface area (Å²) in [7, 11) is 0.